The van der Waals surface area contributed by atoms with Gasteiger partial charge in [-0.05, 0) is 58.0 Å². The number of carbonyl (C=O) groups excluding carboxylic acids is 1. The third-order valence-corrected chi connectivity index (χ3v) is 6.17. The SMILES string of the molecule is CC(C(=O)N1C(C(=O)O)CC2CCCCC21)N1CCCCCC1. The van der Waals surface area contributed by atoms with E-state index >= 15 is 0 Å². The van der Waals surface area contributed by atoms with Crippen molar-refractivity contribution >= 4 is 11.9 Å². The molecule has 4 atom stereocenters. The number of amides is 1. The second-order valence-corrected chi connectivity index (χ2v) is 7.57. The van der Waals surface area contributed by atoms with Crippen LogP contribution in [0.2, 0.25) is 0 Å². The van der Waals surface area contributed by atoms with Crippen molar-refractivity contribution in [2.45, 2.75) is 82.8 Å². The standard InChI is InChI=1S/C18H30N2O3/c1-13(19-10-6-2-3-7-11-19)17(21)20-15-9-5-4-8-14(15)12-16(20)18(22)23/h13-16H,2-12H2,1H3,(H,22,23). The fourth-order valence-electron chi connectivity index (χ4n) is 4.85. The Labute approximate surface area is 139 Å². The van der Waals surface area contributed by atoms with Gasteiger partial charge in [0.15, 0.2) is 0 Å². The molecule has 5 heteroatoms. The molecule has 5 nitrogen and oxygen atoms in total. The third-order valence-electron chi connectivity index (χ3n) is 6.17. The monoisotopic (exact) mass is 322 g/mol. The minimum atomic E-state index is -0.823. The summed E-state index contributed by atoms with van der Waals surface area (Å²) >= 11 is 0. The van der Waals surface area contributed by atoms with Gasteiger partial charge in [-0.25, -0.2) is 4.79 Å². The summed E-state index contributed by atoms with van der Waals surface area (Å²) in [6.45, 7) is 3.90. The molecule has 0 bridgehead atoms. The van der Waals surface area contributed by atoms with E-state index in [1.54, 1.807) is 4.90 Å². The summed E-state index contributed by atoms with van der Waals surface area (Å²) < 4.78 is 0. The first-order valence-corrected chi connectivity index (χ1v) is 9.38. The van der Waals surface area contributed by atoms with Crippen LogP contribution in [0.25, 0.3) is 0 Å². The van der Waals surface area contributed by atoms with Gasteiger partial charge >= 0.3 is 5.97 Å². The molecular formula is C18H30N2O3. The Morgan fingerprint density at radius 2 is 1.65 bits per heavy atom. The lowest BCUT2D eigenvalue weighted by molar-refractivity contribution is -0.152. The molecule has 0 radical (unpaired) electrons. The molecule has 0 aromatic heterocycles. The van der Waals surface area contributed by atoms with Crippen molar-refractivity contribution in [3.63, 3.8) is 0 Å². The molecular weight excluding hydrogens is 292 g/mol. The highest BCUT2D eigenvalue weighted by molar-refractivity contribution is 5.87. The van der Waals surface area contributed by atoms with Gasteiger partial charge in [-0.15, -0.1) is 0 Å². The maximum Gasteiger partial charge on any atom is 0.326 e. The van der Waals surface area contributed by atoms with Gasteiger partial charge in [0.25, 0.3) is 0 Å². The molecule has 3 fully saturated rings. The molecule has 0 aromatic rings. The molecule has 1 saturated carbocycles. The number of hydrogen-bond donors (Lipinski definition) is 1. The van der Waals surface area contributed by atoms with Gasteiger partial charge < -0.3 is 10.0 Å². The van der Waals surface area contributed by atoms with Crippen molar-refractivity contribution in [2.75, 3.05) is 13.1 Å². The molecule has 0 spiro atoms. The van der Waals surface area contributed by atoms with Gasteiger partial charge in [-0.1, -0.05) is 25.7 Å². The number of nitrogens with zero attached hydrogens (tertiary/aromatic N) is 2. The molecule has 3 aliphatic rings. The van der Waals surface area contributed by atoms with Crippen LogP contribution in [0.15, 0.2) is 0 Å². The molecule has 130 valence electrons. The van der Waals surface area contributed by atoms with Crippen LogP contribution in [0.3, 0.4) is 0 Å². The second-order valence-electron chi connectivity index (χ2n) is 7.57. The quantitative estimate of drug-likeness (QED) is 0.867. The minimum Gasteiger partial charge on any atom is -0.480 e. The maximum absolute atomic E-state index is 13.1. The van der Waals surface area contributed by atoms with Crippen molar-refractivity contribution in [2.24, 2.45) is 5.92 Å². The summed E-state index contributed by atoms with van der Waals surface area (Å²) in [5.41, 5.74) is 0. The van der Waals surface area contributed by atoms with Crippen LogP contribution in [0.1, 0.15) is 64.7 Å². The number of likely N-dealkylation sites (tertiary alicyclic amines) is 2. The normalized spacial score (nSPS) is 33.8. The van der Waals surface area contributed by atoms with Gasteiger partial charge in [0.05, 0.1) is 6.04 Å². The highest BCUT2D eigenvalue weighted by Gasteiger charge is 2.48. The van der Waals surface area contributed by atoms with Crippen LogP contribution < -0.4 is 0 Å². The van der Waals surface area contributed by atoms with Crippen molar-refractivity contribution in [1.29, 1.82) is 0 Å². The van der Waals surface area contributed by atoms with E-state index in [1.807, 2.05) is 6.92 Å². The van der Waals surface area contributed by atoms with Gasteiger partial charge in [-0.3, -0.25) is 9.69 Å². The van der Waals surface area contributed by atoms with E-state index in [1.165, 1.54) is 19.3 Å². The average molecular weight is 322 g/mol. The lowest BCUT2D eigenvalue weighted by atomic mass is 9.84. The Bertz CT molecular complexity index is 446. The van der Waals surface area contributed by atoms with Gasteiger partial charge in [0.2, 0.25) is 5.91 Å². The summed E-state index contributed by atoms with van der Waals surface area (Å²) in [6.07, 6.45) is 9.78. The molecule has 2 aliphatic heterocycles. The molecule has 1 N–H and O–H groups in total. The lowest BCUT2D eigenvalue weighted by Gasteiger charge is -2.37. The smallest absolute Gasteiger partial charge is 0.326 e. The Kier molecular flexibility index (Phi) is 5.24. The number of fused-ring (bicyclic) bond motifs is 1. The van der Waals surface area contributed by atoms with Gasteiger partial charge in [0, 0.05) is 6.04 Å². The van der Waals surface area contributed by atoms with Crippen LogP contribution in [-0.2, 0) is 9.59 Å². The molecule has 3 rings (SSSR count). The van der Waals surface area contributed by atoms with Crippen molar-refractivity contribution in [3.05, 3.63) is 0 Å². The fraction of sp³-hybridized carbons (Fsp3) is 0.889. The molecule has 2 saturated heterocycles. The molecule has 2 heterocycles. The maximum atomic E-state index is 13.1. The predicted octanol–water partition coefficient (Wildman–Crippen LogP) is 2.50. The van der Waals surface area contributed by atoms with E-state index in [0.29, 0.717) is 12.3 Å². The summed E-state index contributed by atoms with van der Waals surface area (Å²) in [5.74, 6) is -0.380. The molecule has 1 amide bonds. The summed E-state index contributed by atoms with van der Waals surface area (Å²) in [5, 5.41) is 9.61. The Morgan fingerprint density at radius 3 is 2.30 bits per heavy atom. The van der Waals surface area contributed by atoms with Crippen molar-refractivity contribution in [3.8, 4) is 0 Å². The van der Waals surface area contributed by atoms with E-state index < -0.39 is 12.0 Å². The van der Waals surface area contributed by atoms with Crippen LogP contribution in [0.4, 0.5) is 0 Å². The topological polar surface area (TPSA) is 60.9 Å². The fourth-order valence-corrected chi connectivity index (χ4v) is 4.85. The first-order valence-electron chi connectivity index (χ1n) is 9.38. The first-order chi connectivity index (χ1) is 11.1. The van der Waals surface area contributed by atoms with E-state index in [9.17, 15) is 14.7 Å². The van der Waals surface area contributed by atoms with Crippen LogP contribution in [-0.4, -0.2) is 58.0 Å². The minimum absolute atomic E-state index is 0.0497. The zero-order valence-electron chi connectivity index (χ0n) is 14.2. The summed E-state index contributed by atoms with van der Waals surface area (Å²) in [4.78, 5) is 28.9. The largest absolute Gasteiger partial charge is 0.480 e. The number of carboxylic acid groups (broad SMARTS) is 1. The van der Waals surface area contributed by atoms with Crippen molar-refractivity contribution < 1.29 is 14.7 Å². The highest BCUT2D eigenvalue weighted by atomic mass is 16.4. The van der Waals surface area contributed by atoms with E-state index in [4.69, 9.17) is 0 Å². The van der Waals surface area contributed by atoms with E-state index in [2.05, 4.69) is 4.90 Å². The second kappa shape index (κ2) is 7.20. The van der Waals surface area contributed by atoms with Gasteiger partial charge in [-0.2, -0.15) is 0 Å². The lowest BCUT2D eigenvalue weighted by Crippen LogP contribution is -2.54. The molecule has 23 heavy (non-hydrogen) atoms. The summed E-state index contributed by atoms with van der Waals surface area (Å²) in [7, 11) is 0. The zero-order valence-corrected chi connectivity index (χ0v) is 14.2. The van der Waals surface area contributed by atoms with Crippen molar-refractivity contribution in [1.82, 2.24) is 9.80 Å². The third kappa shape index (κ3) is 3.39. The Hall–Kier alpha value is -1.10. The van der Waals surface area contributed by atoms with Crippen LogP contribution in [0, 0.1) is 5.92 Å². The number of carbonyl (C=O) groups is 2. The Balaban J connectivity index is 1.75. The van der Waals surface area contributed by atoms with Crippen LogP contribution >= 0.6 is 0 Å². The predicted molar refractivity (Wildman–Crippen MR) is 88.1 cm³/mol. The molecule has 0 aromatic carbocycles. The van der Waals surface area contributed by atoms with Crippen LogP contribution in [0.5, 0.6) is 0 Å². The number of aliphatic carboxylic acids is 1. The number of carboxylic acids is 1. The number of rotatable bonds is 3. The highest BCUT2D eigenvalue weighted by Crippen LogP contribution is 2.40. The molecule has 4 unspecified atom stereocenters. The van der Waals surface area contributed by atoms with E-state index in [0.717, 1.165) is 45.2 Å². The number of hydrogen-bond acceptors (Lipinski definition) is 3. The Morgan fingerprint density at radius 1 is 1.00 bits per heavy atom. The average Bonchev–Trinajstić information content (AvgIpc) is 2.73. The summed E-state index contributed by atoms with van der Waals surface area (Å²) in [6, 6.07) is -0.632. The molecule has 1 aliphatic carbocycles. The van der Waals surface area contributed by atoms with Gasteiger partial charge in [0.1, 0.15) is 6.04 Å². The van der Waals surface area contributed by atoms with E-state index in [-0.39, 0.29) is 18.0 Å². The zero-order chi connectivity index (χ0) is 16.4. The first kappa shape index (κ1) is 16.7.